The molecule has 0 spiro atoms. The lowest BCUT2D eigenvalue weighted by atomic mass is 9.91. The summed E-state index contributed by atoms with van der Waals surface area (Å²) in [5.74, 6) is 0.428. The van der Waals surface area contributed by atoms with E-state index in [4.69, 9.17) is 0 Å². The molecule has 1 rings (SSSR count). The van der Waals surface area contributed by atoms with Crippen molar-refractivity contribution in [1.82, 2.24) is 5.32 Å². The summed E-state index contributed by atoms with van der Waals surface area (Å²) in [5.41, 5.74) is 0.0401. The van der Waals surface area contributed by atoms with Gasteiger partial charge in [-0.05, 0) is 18.4 Å². The lowest BCUT2D eigenvalue weighted by Crippen LogP contribution is -2.40. The summed E-state index contributed by atoms with van der Waals surface area (Å²) in [6.07, 6.45) is 0. The fourth-order valence-corrected chi connectivity index (χ4v) is 3.71. The maximum atomic E-state index is 11.5. The van der Waals surface area contributed by atoms with Gasteiger partial charge >= 0.3 is 0 Å². The van der Waals surface area contributed by atoms with Gasteiger partial charge in [-0.2, -0.15) is 0 Å². The van der Waals surface area contributed by atoms with Crippen LogP contribution in [0.15, 0.2) is 17.5 Å². The molecule has 0 aliphatic heterocycles. The Labute approximate surface area is 115 Å². The van der Waals surface area contributed by atoms with Crippen molar-refractivity contribution in [3.63, 3.8) is 0 Å². The molecule has 0 radical (unpaired) electrons. The highest BCUT2D eigenvalue weighted by Crippen LogP contribution is 2.26. The van der Waals surface area contributed by atoms with E-state index in [1.54, 1.807) is 18.3 Å². The van der Waals surface area contributed by atoms with Crippen molar-refractivity contribution in [2.75, 3.05) is 18.1 Å². The van der Waals surface area contributed by atoms with Crippen molar-refractivity contribution >= 4 is 21.2 Å². The van der Waals surface area contributed by atoms with Gasteiger partial charge in [0.2, 0.25) is 0 Å². The molecular formula is C13H23NO2S2. The minimum absolute atomic E-state index is 0.00538. The second-order valence-corrected chi connectivity index (χ2v) is 8.69. The van der Waals surface area contributed by atoms with E-state index in [-0.39, 0.29) is 23.0 Å². The molecule has 1 unspecified atom stereocenters. The largest absolute Gasteiger partial charge is 0.312 e. The van der Waals surface area contributed by atoms with Crippen LogP contribution in [0.1, 0.15) is 32.6 Å². The van der Waals surface area contributed by atoms with Crippen LogP contribution < -0.4 is 5.32 Å². The third-order valence-electron chi connectivity index (χ3n) is 3.02. The molecule has 0 aliphatic rings. The third-order valence-corrected chi connectivity index (χ3v) is 6.15. The van der Waals surface area contributed by atoms with Gasteiger partial charge in [-0.15, -0.1) is 11.3 Å². The van der Waals surface area contributed by atoms with E-state index in [9.17, 15) is 8.42 Å². The summed E-state index contributed by atoms with van der Waals surface area (Å²) in [4.78, 5) is 1.32. The quantitative estimate of drug-likeness (QED) is 0.838. The molecule has 0 aromatic carbocycles. The predicted octanol–water partition coefficient (Wildman–Crippen LogP) is 2.44. The molecule has 1 N–H and O–H groups in total. The van der Waals surface area contributed by atoms with Crippen LogP contribution in [0.25, 0.3) is 0 Å². The Bertz CT molecular complexity index is 449. The molecule has 1 aromatic rings. The normalized spacial score (nSPS) is 14.7. The van der Waals surface area contributed by atoms with Crippen LogP contribution in [0.5, 0.6) is 0 Å². The molecule has 0 saturated carbocycles. The van der Waals surface area contributed by atoms with Gasteiger partial charge in [-0.1, -0.05) is 26.8 Å². The fraction of sp³-hybridized carbons (Fsp3) is 0.692. The van der Waals surface area contributed by atoms with Crippen molar-refractivity contribution < 1.29 is 8.42 Å². The number of nitrogens with one attached hydrogen (secondary N) is 1. The van der Waals surface area contributed by atoms with Gasteiger partial charge in [0.1, 0.15) is 0 Å². The third kappa shape index (κ3) is 4.71. The Balaban J connectivity index is 2.50. The van der Waals surface area contributed by atoms with Crippen molar-refractivity contribution in [3.05, 3.63) is 22.4 Å². The molecule has 3 nitrogen and oxygen atoms in total. The first kappa shape index (κ1) is 15.7. The molecule has 0 fully saturated rings. The molecule has 5 heteroatoms. The summed E-state index contributed by atoms with van der Waals surface area (Å²) in [6.45, 7) is 8.75. The van der Waals surface area contributed by atoms with E-state index in [1.807, 2.05) is 13.0 Å². The van der Waals surface area contributed by atoms with Crippen molar-refractivity contribution in [3.8, 4) is 0 Å². The van der Waals surface area contributed by atoms with E-state index in [2.05, 4.69) is 30.6 Å². The Kier molecular flexibility index (Phi) is 5.37. The van der Waals surface area contributed by atoms with Crippen LogP contribution in [0, 0.1) is 0 Å². The Morgan fingerprint density at radius 3 is 2.61 bits per heavy atom. The van der Waals surface area contributed by atoms with Gasteiger partial charge in [-0.3, -0.25) is 0 Å². The molecular weight excluding hydrogens is 266 g/mol. The highest BCUT2D eigenvalue weighted by atomic mass is 32.2. The van der Waals surface area contributed by atoms with Gasteiger partial charge in [0, 0.05) is 28.6 Å². The Hall–Kier alpha value is -0.390. The highest BCUT2D eigenvalue weighted by molar-refractivity contribution is 7.91. The van der Waals surface area contributed by atoms with E-state index < -0.39 is 9.84 Å². The summed E-state index contributed by atoms with van der Waals surface area (Å²) < 4.78 is 23.0. The zero-order chi connectivity index (χ0) is 13.8. The van der Waals surface area contributed by atoms with Gasteiger partial charge in [-0.25, -0.2) is 8.42 Å². The van der Waals surface area contributed by atoms with Crippen molar-refractivity contribution in [2.45, 2.75) is 39.2 Å². The number of rotatable bonds is 7. The minimum atomic E-state index is -2.90. The standard InChI is InChI=1S/C13H23NO2S2/c1-5-18(15,16)9-11(2)14-10-13(3,4)12-7-6-8-17-12/h6-8,11,14H,5,9-10H2,1-4H3. The van der Waals surface area contributed by atoms with Crippen LogP contribution in [-0.4, -0.2) is 32.5 Å². The van der Waals surface area contributed by atoms with E-state index in [0.717, 1.165) is 6.54 Å². The van der Waals surface area contributed by atoms with Gasteiger partial charge < -0.3 is 5.32 Å². The Morgan fingerprint density at radius 2 is 2.11 bits per heavy atom. The highest BCUT2D eigenvalue weighted by Gasteiger charge is 2.23. The average Bonchev–Trinajstić information content (AvgIpc) is 2.80. The molecule has 1 heterocycles. The molecule has 0 bridgehead atoms. The van der Waals surface area contributed by atoms with Gasteiger partial charge in [0.25, 0.3) is 0 Å². The first-order chi connectivity index (χ1) is 8.27. The number of hydrogen-bond acceptors (Lipinski definition) is 4. The molecule has 0 aliphatic carbocycles. The van der Waals surface area contributed by atoms with E-state index in [1.165, 1.54) is 4.88 Å². The predicted molar refractivity (Wildman–Crippen MR) is 79.1 cm³/mol. The van der Waals surface area contributed by atoms with Crippen LogP contribution in [-0.2, 0) is 15.3 Å². The van der Waals surface area contributed by atoms with Crippen LogP contribution in [0.4, 0.5) is 0 Å². The number of thiophene rings is 1. The van der Waals surface area contributed by atoms with Crippen LogP contribution in [0.2, 0.25) is 0 Å². The van der Waals surface area contributed by atoms with Gasteiger partial charge in [0.05, 0.1) is 5.75 Å². The topological polar surface area (TPSA) is 46.2 Å². The number of sulfone groups is 1. The van der Waals surface area contributed by atoms with Crippen molar-refractivity contribution in [2.24, 2.45) is 0 Å². The zero-order valence-electron chi connectivity index (χ0n) is 11.6. The second-order valence-electron chi connectivity index (χ2n) is 5.34. The SMILES string of the molecule is CCS(=O)(=O)CC(C)NCC(C)(C)c1cccs1. The molecule has 0 saturated heterocycles. The van der Waals surface area contributed by atoms with E-state index >= 15 is 0 Å². The first-order valence-electron chi connectivity index (χ1n) is 6.24. The second kappa shape index (κ2) is 6.17. The lowest BCUT2D eigenvalue weighted by Gasteiger charge is -2.26. The summed E-state index contributed by atoms with van der Waals surface area (Å²) >= 11 is 1.74. The Morgan fingerprint density at radius 1 is 1.44 bits per heavy atom. The fourth-order valence-electron chi connectivity index (χ4n) is 1.74. The zero-order valence-corrected chi connectivity index (χ0v) is 13.2. The maximum Gasteiger partial charge on any atom is 0.151 e. The molecule has 0 amide bonds. The minimum Gasteiger partial charge on any atom is -0.312 e. The van der Waals surface area contributed by atoms with E-state index in [0.29, 0.717) is 0 Å². The van der Waals surface area contributed by atoms with Crippen LogP contribution in [0.3, 0.4) is 0 Å². The molecule has 18 heavy (non-hydrogen) atoms. The molecule has 1 atom stereocenters. The lowest BCUT2D eigenvalue weighted by molar-refractivity contribution is 0.446. The molecule has 104 valence electrons. The maximum absolute atomic E-state index is 11.5. The monoisotopic (exact) mass is 289 g/mol. The summed E-state index contributed by atoms with van der Waals surface area (Å²) in [7, 11) is -2.90. The van der Waals surface area contributed by atoms with Crippen molar-refractivity contribution in [1.29, 1.82) is 0 Å². The number of hydrogen-bond donors (Lipinski definition) is 1. The smallest absolute Gasteiger partial charge is 0.151 e. The van der Waals surface area contributed by atoms with Gasteiger partial charge in [0.15, 0.2) is 9.84 Å². The average molecular weight is 289 g/mol. The summed E-state index contributed by atoms with van der Waals surface area (Å²) in [5, 5.41) is 5.40. The summed E-state index contributed by atoms with van der Waals surface area (Å²) in [6, 6.07) is 4.17. The first-order valence-corrected chi connectivity index (χ1v) is 8.95. The van der Waals surface area contributed by atoms with Crippen LogP contribution >= 0.6 is 11.3 Å². The molecule has 1 aromatic heterocycles.